The Morgan fingerprint density at radius 1 is 1.03 bits per heavy atom. The number of nitro groups is 1. The average Bonchev–Trinajstić information content (AvgIpc) is 3.46. The lowest BCUT2D eigenvalue weighted by atomic mass is 10.0. The summed E-state index contributed by atoms with van der Waals surface area (Å²) in [5.41, 5.74) is 4.82. The van der Waals surface area contributed by atoms with Crippen LogP contribution in [-0.2, 0) is 0 Å². The van der Waals surface area contributed by atoms with Crippen LogP contribution in [0.2, 0.25) is 0 Å². The average molecular weight is 471 g/mol. The number of aryl methyl sites for hydroxylation is 2. The molecule has 0 unspecified atom stereocenters. The standard InChI is InChI=1S/C26H22N4O3S/c1-16-9-10-19(14-17(16)2)29-25(24(28-26(29)34)21-8-3-4-13-27-21)23-12-11-22(33-23)18-6-5-7-20(15-18)30(31)32/h3-15,24-25H,1-2H3,(H,28,34)/t24-,25+/m1/s1. The number of nitro benzene ring substituents is 1. The van der Waals surface area contributed by atoms with Crippen molar-refractivity contribution in [2.75, 3.05) is 4.90 Å². The summed E-state index contributed by atoms with van der Waals surface area (Å²) in [7, 11) is 0. The molecule has 3 heterocycles. The number of aromatic nitrogens is 1. The first kappa shape index (κ1) is 21.8. The van der Waals surface area contributed by atoms with Gasteiger partial charge in [-0.1, -0.05) is 24.3 Å². The lowest BCUT2D eigenvalue weighted by Crippen LogP contribution is -2.29. The molecular weight excluding hydrogens is 448 g/mol. The van der Waals surface area contributed by atoms with Crippen molar-refractivity contribution in [2.45, 2.75) is 25.9 Å². The summed E-state index contributed by atoms with van der Waals surface area (Å²) in [6.07, 6.45) is 1.76. The Hall–Kier alpha value is -4.04. The number of rotatable bonds is 5. The quantitative estimate of drug-likeness (QED) is 0.216. The van der Waals surface area contributed by atoms with Crippen LogP contribution in [0.3, 0.4) is 0 Å². The van der Waals surface area contributed by atoms with Gasteiger partial charge >= 0.3 is 0 Å². The van der Waals surface area contributed by atoms with Gasteiger partial charge in [0.05, 0.1) is 16.7 Å². The van der Waals surface area contributed by atoms with E-state index in [0.717, 1.165) is 16.9 Å². The van der Waals surface area contributed by atoms with Gasteiger partial charge in [0, 0.05) is 29.6 Å². The Labute approximate surface area is 202 Å². The molecule has 34 heavy (non-hydrogen) atoms. The van der Waals surface area contributed by atoms with Gasteiger partial charge in [-0.15, -0.1) is 0 Å². The number of furan rings is 1. The summed E-state index contributed by atoms with van der Waals surface area (Å²) in [6.45, 7) is 4.15. The van der Waals surface area contributed by atoms with Gasteiger partial charge in [-0.3, -0.25) is 15.1 Å². The minimum atomic E-state index is -0.411. The highest BCUT2D eigenvalue weighted by Crippen LogP contribution is 2.43. The molecule has 0 aliphatic carbocycles. The van der Waals surface area contributed by atoms with Crippen molar-refractivity contribution in [1.82, 2.24) is 10.3 Å². The van der Waals surface area contributed by atoms with E-state index in [1.54, 1.807) is 18.3 Å². The molecule has 1 fully saturated rings. The minimum absolute atomic E-state index is 0.0160. The number of hydrogen-bond acceptors (Lipinski definition) is 5. The molecule has 2 aromatic heterocycles. The van der Waals surface area contributed by atoms with E-state index in [9.17, 15) is 10.1 Å². The fraction of sp³-hybridized carbons (Fsp3) is 0.154. The third-order valence-corrected chi connectivity index (χ3v) is 6.44. The predicted octanol–water partition coefficient (Wildman–Crippen LogP) is 6.04. The van der Waals surface area contributed by atoms with Gasteiger partial charge < -0.3 is 14.6 Å². The zero-order chi connectivity index (χ0) is 23.8. The minimum Gasteiger partial charge on any atom is -0.459 e. The Morgan fingerprint density at radius 3 is 2.62 bits per heavy atom. The topological polar surface area (TPSA) is 84.4 Å². The highest BCUT2D eigenvalue weighted by atomic mass is 32.1. The number of non-ortho nitro benzene ring substituents is 1. The van der Waals surface area contributed by atoms with Crippen LogP contribution in [0.1, 0.15) is 34.7 Å². The molecule has 1 saturated heterocycles. The lowest BCUT2D eigenvalue weighted by Gasteiger charge is -2.26. The number of pyridine rings is 1. The van der Waals surface area contributed by atoms with E-state index < -0.39 is 4.92 Å². The van der Waals surface area contributed by atoms with E-state index >= 15 is 0 Å². The second kappa shape index (κ2) is 8.72. The molecule has 170 valence electrons. The Kier molecular flexibility index (Phi) is 5.59. The number of nitrogens with zero attached hydrogens (tertiary/aromatic N) is 3. The number of benzene rings is 2. The molecule has 1 N–H and O–H groups in total. The molecule has 0 amide bonds. The summed E-state index contributed by atoms with van der Waals surface area (Å²) >= 11 is 5.77. The van der Waals surface area contributed by atoms with E-state index in [2.05, 4.69) is 47.2 Å². The van der Waals surface area contributed by atoms with Crippen molar-refractivity contribution in [1.29, 1.82) is 0 Å². The van der Waals surface area contributed by atoms with Gasteiger partial charge in [-0.25, -0.2) is 0 Å². The van der Waals surface area contributed by atoms with Gasteiger partial charge in [-0.2, -0.15) is 0 Å². The molecule has 7 nitrogen and oxygen atoms in total. The van der Waals surface area contributed by atoms with Crippen molar-refractivity contribution in [3.05, 3.63) is 112 Å². The molecule has 0 bridgehead atoms. The zero-order valence-corrected chi connectivity index (χ0v) is 19.5. The summed E-state index contributed by atoms with van der Waals surface area (Å²) in [6, 6.07) is 21.7. The maximum absolute atomic E-state index is 11.2. The normalized spacial score (nSPS) is 17.6. The number of hydrogen-bond donors (Lipinski definition) is 1. The van der Waals surface area contributed by atoms with Gasteiger partial charge in [-0.05, 0) is 73.6 Å². The summed E-state index contributed by atoms with van der Waals surface area (Å²) in [5.74, 6) is 1.24. The van der Waals surface area contributed by atoms with Crippen LogP contribution >= 0.6 is 12.2 Å². The van der Waals surface area contributed by atoms with Gasteiger partial charge in [0.2, 0.25) is 0 Å². The molecule has 4 aromatic rings. The van der Waals surface area contributed by atoms with Crippen molar-refractivity contribution in [3.63, 3.8) is 0 Å². The predicted molar refractivity (Wildman–Crippen MR) is 135 cm³/mol. The molecular formula is C26H22N4O3S. The summed E-state index contributed by atoms with van der Waals surface area (Å²) in [5, 5.41) is 15.2. The van der Waals surface area contributed by atoms with Crippen molar-refractivity contribution < 1.29 is 9.34 Å². The first-order valence-corrected chi connectivity index (χ1v) is 11.3. The number of nitrogens with one attached hydrogen (secondary N) is 1. The molecule has 2 aromatic carbocycles. The highest BCUT2D eigenvalue weighted by molar-refractivity contribution is 7.80. The third-order valence-electron chi connectivity index (χ3n) is 6.13. The molecule has 0 saturated carbocycles. The maximum Gasteiger partial charge on any atom is 0.270 e. The van der Waals surface area contributed by atoms with Gasteiger partial charge in [0.25, 0.3) is 5.69 Å². The van der Waals surface area contributed by atoms with Crippen LogP contribution in [-0.4, -0.2) is 15.0 Å². The first-order chi connectivity index (χ1) is 16.4. The molecule has 0 spiro atoms. The van der Waals surface area contributed by atoms with Crippen LogP contribution in [0, 0.1) is 24.0 Å². The number of anilines is 1. The van der Waals surface area contributed by atoms with E-state index in [1.165, 1.54) is 17.7 Å². The van der Waals surface area contributed by atoms with Gasteiger partial charge in [0.15, 0.2) is 5.11 Å². The van der Waals surface area contributed by atoms with Crippen LogP contribution in [0.25, 0.3) is 11.3 Å². The second-order valence-corrected chi connectivity index (χ2v) is 8.66. The van der Waals surface area contributed by atoms with Crippen LogP contribution in [0.15, 0.2) is 83.4 Å². The van der Waals surface area contributed by atoms with E-state index in [-0.39, 0.29) is 17.8 Å². The highest BCUT2D eigenvalue weighted by Gasteiger charge is 2.42. The molecule has 5 rings (SSSR count). The largest absolute Gasteiger partial charge is 0.459 e. The fourth-order valence-electron chi connectivity index (χ4n) is 4.24. The van der Waals surface area contributed by atoms with Crippen LogP contribution < -0.4 is 10.2 Å². The number of thiocarbonyl (C=S) groups is 1. The van der Waals surface area contributed by atoms with E-state index in [1.807, 2.05) is 30.3 Å². The molecule has 0 radical (unpaired) electrons. The first-order valence-electron chi connectivity index (χ1n) is 10.8. The van der Waals surface area contributed by atoms with E-state index in [0.29, 0.717) is 22.2 Å². The Morgan fingerprint density at radius 2 is 1.88 bits per heavy atom. The molecule has 1 aliphatic rings. The third kappa shape index (κ3) is 3.92. The lowest BCUT2D eigenvalue weighted by molar-refractivity contribution is -0.384. The summed E-state index contributed by atoms with van der Waals surface area (Å²) in [4.78, 5) is 17.4. The van der Waals surface area contributed by atoms with Crippen molar-refractivity contribution in [2.24, 2.45) is 0 Å². The Balaban J connectivity index is 1.60. The smallest absolute Gasteiger partial charge is 0.270 e. The van der Waals surface area contributed by atoms with Gasteiger partial charge in [0.1, 0.15) is 17.6 Å². The second-order valence-electron chi connectivity index (χ2n) is 8.27. The monoisotopic (exact) mass is 470 g/mol. The zero-order valence-electron chi connectivity index (χ0n) is 18.6. The molecule has 2 atom stereocenters. The van der Waals surface area contributed by atoms with Crippen molar-refractivity contribution >= 4 is 28.7 Å². The fourth-order valence-corrected chi connectivity index (χ4v) is 4.58. The van der Waals surface area contributed by atoms with E-state index in [4.69, 9.17) is 16.6 Å². The maximum atomic E-state index is 11.2. The molecule has 8 heteroatoms. The summed E-state index contributed by atoms with van der Waals surface area (Å²) < 4.78 is 6.30. The molecule has 1 aliphatic heterocycles. The van der Waals surface area contributed by atoms with Crippen molar-refractivity contribution in [3.8, 4) is 11.3 Å². The SMILES string of the molecule is Cc1ccc(N2C(=S)N[C@H](c3ccccn3)[C@@H]2c2ccc(-c3cccc([N+](=O)[O-])c3)o2)cc1C. The Bertz CT molecular complexity index is 1390. The van der Waals surface area contributed by atoms with Crippen LogP contribution in [0.4, 0.5) is 11.4 Å². The van der Waals surface area contributed by atoms with Crippen LogP contribution in [0.5, 0.6) is 0 Å².